The Bertz CT molecular complexity index is 1800. The van der Waals surface area contributed by atoms with Gasteiger partial charge in [0.15, 0.2) is 0 Å². The number of pyridine rings is 1. The highest BCUT2D eigenvalue weighted by atomic mass is 19.3. The Morgan fingerprint density at radius 2 is 1.43 bits per heavy atom. The van der Waals surface area contributed by atoms with Gasteiger partial charge in [-0.05, 0) is 83.8 Å². The Morgan fingerprint density at radius 3 is 2.09 bits per heavy atom. The minimum absolute atomic E-state index is 0.0514. The molecule has 0 atom stereocenters. The van der Waals surface area contributed by atoms with Crippen LogP contribution in [0.2, 0.25) is 0 Å². The third-order valence-corrected chi connectivity index (χ3v) is 7.86. The summed E-state index contributed by atoms with van der Waals surface area (Å²) >= 11 is 0. The van der Waals surface area contributed by atoms with Crippen LogP contribution in [-0.4, -0.2) is 4.98 Å². The van der Waals surface area contributed by atoms with Crippen LogP contribution in [0.25, 0.3) is 33.5 Å². The lowest BCUT2D eigenvalue weighted by Crippen LogP contribution is -2.23. The molecule has 0 radical (unpaired) electrons. The number of halogens is 5. The van der Waals surface area contributed by atoms with Gasteiger partial charge in [0.2, 0.25) is 0 Å². The molecule has 0 N–H and O–H groups in total. The second kappa shape index (κ2) is 14.5. The molecule has 0 aliphatic carbocycles. The zero-order valence-electron chi connectivity index (χ0n) is 25.5. The molecule has 236 valence electrons. The zero-order chi connectivity index (χ0) is 32.7. The van der Waals surface area contributed by atoms with Crippen LogP contribution in [0.1, 0.15) is 49.3 Å². The van der Waals surface area contributed by atoms with E-state index in [1.165, 1.54) is 48.7 Å². The maximum absolute atomic E-state index is 15.3. The van der Waals surface area contributed by atoms with Gasteiger partial charge in [-0.25, -0.2) is 13.2 Å². The van der Waals surface area contributed by atoms with E-state index in [2.05, 4.69) is 24.6 Å². The van der Waals surface area contributed by atoms with Crippen molar-refractivity contribution in [2.24, 2.45) is 0 Å². The second-order valence-electron chi connectivity index (χ2n) is 11.2. The average molecular weight is 628 g/mol. The first-order chi connectivity index (χ1) is 22.2. The summed E-state index contributed by atoms with van der Waals surface area (Å²) in [7, 11) is 0. The van der Waals surface area contributed by atoms with Gasteiger partial charge >= 0.3 is 6.11 Å². The second-order valence-corrected chi connectivity index (χ2v) is 11.2. The van der Waals surface area contributed by atoms with Gasteiger partial charge in [0.1, 0.15) is 23.2 Å². The molecule has 5 rings (SSSR count). The Kier molecular flexibility index (Phi) is 10.3. The molecule has 0 aliphatic rings. The lowest BCUT2D eigenvalue weighted by molar-refractivity contribution is -0.187. The van der Waals surface area contributed by atoms with E-state index >= 15 is 4.39 Å². The van der Waals surface area contributed by atoms with Crippen molar-refractivity contribution in [2.75, 3.05) is 0 Å². The summed E-state index contributed by atoms with van der Waals surface area (Å²) in [6.45, 7) is 5.75. The van der Waals surface area contributed by atoms with Crippen LogP contribution in [-0.2, 0) is 19.0 Å². The molecular weight excluding hydrogens is 593 g/mol. The fourth-order valence-electron chi connectivity index (χ4n) is 5.26. The molecule has 0 saturated carbocycles. The number of benzene rings is 4. The van der Waals surface area contributed by atoms with Crippen LogP contribution in [0.15, 0.2) is 110 Å². The van der Waals surface area contributed by atoms with Crippen LogP contribution in [0.5, 0.6) is 5.75 Å². The summed E-state index contributed by atoms with van der Waals surface area (Å²) < 4.78 is 79.1. The molecule has 0 fully saturated rings. The van der Waals surface area contributed by atoms with Gasteiger partial charge in [-0.15, -0.1) is 6.58 Å². The third-order valence-electron chi connectivity index (χ3n) is 7.86. The molecular formula is C39H34F5NO. The third kappa shape index (κ3) is 7.71. The van der Waals surface area contributed by atoms with Gasteiger partial charge in [0.05, 0.1) is 11.3 Å². The van der Waals surface area contributed by atoms with Gasteiger partial charge in [0.25, 0.3) is 0 Å². The molecule has 0 aliphatic heterocycles. The number of ether oxygens (including phenoxy) is 1. The van der Waals surface area contributed by atoms with Crippen molar-refractivity contribution < 1.29 is 26.7 Å². The molecule has 5 aromatic rings. The van der Waals surface area contributed by atoms with Crippen LogP contribution < -0.4 is 4.74 Å². The van der Waals surface area contributed by atoms with Crippen molar-refractivity contribution in [1.29, 1.82) is 0 Å². The van der Waals surface area contributed by atoms with E-state index in [-0.39, 0.29) is 11.1 Å². The van der Waals surface area contributed by atoms with Gasteiger partial charge < -0.3 is 4.74 Å². The molecule has 46 heavy (non-hydrogen) atoms. The topological polar surface area (TPSA) is 22.1 Å². The monoisotopic (exact) mass is 627 g/mol. The van der Waals surface area contributed by atoms with E-state index in [0.29, 0.717) is 24.0 Å². The molecule has 1 aromatic heterocycles. The van der Waals surface area contributed by atoms with E-state index in [9.17, 15) is 17.6 Å². The summed E-state index contributed by atoms with van der Waals surface area (Å²) in [5, 5.41) is 0. The first-order valence-corrected chi connectivity index (χ1v) is 15.3. The zero-order valence-corrected chi connectivity index (χ0v) is 25.5. The van der Waals surface area contributed by atoms with Gasteiger partial charge in [0, 0.05) is 23.4 Å². The number of aromatic nitrogens is 1. The summed E-state index contributed by atoms with van der Waals surface area (Å²) in [5.74, 6) is -3.08. The molecule has 1 heterocycles. The normalized spacial score (nSPS) is 11.4. The number of hydrogen-bond donors (Lipinski definition) is 0. The number of alkyl halides is 2. The number of unbranched alkanes of at least 4 members (excludes halogenated alkanes) is 2. The number of rotatable bonds is 13. The van der Waals surface area contributed by atoms with Crippen LogP contribution >= 0.6 is 0 Å². The molecule has 0 unspecified atom stereocenters. The predicted molar refractivity (Wildman–Crippen MR) is 173 cm³/mol. The standard InChI is InChI=1S/C39H34F5NO/c1-3-5-7-8-26-10-21-38(45-25-26)29-13-11-27(12-14-29)30-16-19-33(36(41)22-30)31-17-20-34(37(42)23-31)39(43,44)46-32-18-15-28(9-6-4-2)35(40)24-32/h4,10-25H,2-3,5-9H2,1H3. The molecule has 2 nitrogen and oxygen atoms in total. The first-order valence-electron chi connectivity index (χ1n) is 15.3. The lowest BCUT2D eigenvalue weighted by Gasteiger charge is -2.20. The summed E-state index contributed by atoms with van der Waals surface area (Å²) in [6.07, 6.45) is 4.82. The molecule has 7 heteroatoms. The highest BCUT2D eigenvalue weighted by Crippen LogP contribution is 2.36. The predicted octanol–water partition coefficient (Wildman–Crippen LogP) is 11.5. The Labute approximate surface area is 266 Å². The number of allylic oxidation sites excluding steroid dienone is 1. The minimum atomic E-state index is -4.10. The Morgan fingerprint density at radius 1 is 0.717 bits per heavy atom. The summed E-state index contributed by atoms with van der Waals surface area (Å²) in [6, 6.07) is 22.4. The number of aryl methyl sites for hydroxylation is 2. The molecule has 4 aromatic carbocycles. The van der Waals surface area contributed by atoms with Crippen molar-refractivity contribution in [3.63, 3.8) is 0 Å². The Balaban J connectivity index is 1.28. The molecule has 0 bridgehead atoms. The molecule has 0 saturated heterocycles. The van der Waals surface area contributed by atoms with Crippen LogP contribution in [0.3, 0.4) is 0 Å². The highest BCUT2D eigenvalue weighted by molar-refractivity contribution is 5.73. The first kappa shape index (κ1) is 32.6. The Hall–Kier alpha value is -4.78. The van der Waals surface area contributed by atoms with Gasteiger partial charge in [-0.1, -0.05) is 80.4 Å². The fraction of sp³-hybridized carbons (Fsp3) is 0.205. The van der Waals surface area contributed by atoms with Crippen molar-refractivity contribution in [2.45, 2.75) is 51.6 Å². The SMILES string of the molecule is C=CCCc1ccc(OC(F)(F)c2ccc(-c3ccc(-c4ccc(-c5ccc(CCCCC)cn5)cc4)cc3F)cc2F)cc1F. The van der Waals surface area contributed by atoms with Crippen molar-refractivity contribution in [3.05, 3.63) is 144 Å². The van der Waals surface area contributed by atoms with E-state index in [0.717, 1.165) is 47.9 Å². The molecule has 0 spiro atoms. The maximum atomic E-state index is 15.3. The number of nitrogens with zero attached hydrogens (tertiary/aromatic N) is 1. The van der Waals surface area contributed by atoms with Crippen molar-refractivity contribution in [3.8, 4) is 39.3 Å². The van der Waals surface area contributed by atoms with Gasteiger partial charge in [-0.2, -0.15) is 8.78 Å². The summed E-state index contributed by atoms with van der Waals surface area (Å²) in [4.78, 5) is 4.59. The van der Waals surface area contributed by atoms with Crippen molar-refractivity contribution >= 4 is 0 Å². The van der Waals surface area contributed by atoms with Crippen LogP contribution in [0, 0.1) is 17.5 Å². The van der Waals surface area contributed by atoms with Gasteiger partial charge in [-0.3, -0.25) is 4.98 Å². The van der Waals surface area contributed by atoms with E-state index < -0.39 is 34.9 Å². The van der Waals surface area contributed by atoms with Crippen molar-refractivity contribution in [1.82, 2.24) is 4.98 Å². The average Bonchev–Trinajstić information content (AvgIpc) is 3.04. The highest BCUT2D eigenvalue weighted by Gasteiger charge is 2.38. The molecule has 0 amide bonds. The smallest absolute Gasteiger partial charge is 0.429 e. The fourth-order valence-corrected chi connectivity index (χ4v) is 5.26. The lowest BCUT2D eigenvalue weighted by atomic mass is 9.97. The maximum Gasteiger partial charge on any atom is 0.429 e. The van der Waals surface area contributed by atoms with E-state index in [4.69, 9.17) is 4.74 Å². The largest absolute Gasteiger partial charge is 0.429 e. The van der Waals surface area contributed by atoms with E-state index in [1.54, 1.807) is 12.1 Å². The summed E-state index contributed by atoms with van der Waals surface area (Å²) in [5.41, 5.74) is 3.77. The minimum Gasteiger partial charge on any atom is -0.429 e. The van der Waals surface area contributed by atoms with E-state index in [1.807, 2.05) is 36.5 Å². The van der Waals surface area contributed by atoms with Crippen LogP contribution in [0.4, 0.5) is 22.0 Å². The number of hydrogen-bond acceptors (Lipinski definition) is 2. The quantitative estimate of drug-likeness (QED) is 0.0736.